The van der Waals surface area contributed by atoms with Gasteiger partial charge in [0.15, 0.2) is 0 Å². The molecule has 1 amide bonds. The molecule has 2 rings (SSSR count). The van der Waals surface area contributed by atoms with Gasteiger partial charge in [0.2, 0.25) is 0 Å². The van der Waals surface area contributed by atoms with Crippen LogP contribution < -0.4 is 5.32 Å². The fourth-order valence-electron chi connectivity index (χ4n) is 2.32. The second-order valence-electron chi connectivity index (χ2n) is 4.80. The molecule has 2 N–H and O–H groups in total. The molecule has 0 aromatic carbocycles. The first-order valence-corrected chi connectivity index (χ1v) is 6.55. The minimum Gasteiger partial charge on any atom is -0.465 e. The lowest BCUT2D eigenvalue weighted by Crippen LogP contribution is -2.52. The Labute approximate surface area is 117 Å². The molecule has 1 aliphatic heterocycles. The molecule has 1 fully saturated rings. The van der Waals surface area contributed by atoms with Crippen LogP contribution in [0.5, 0.6) is 0 Å². The molecule has 20 heavy (non-hydrogen) atoms. The lowest BCUT2D eigenvalue weighted by molar-refractivity contribution is 0.0600. The van der Waals surface area contributed by atoms with E-state index in [1.165, 1.54) is 12.0 Å². The number of nitrogens with one attached hydrogen (secondary N) is 1. The van der Waals surface area contributed by atoms with E-state index in [1.807, 2.05) is 10.8 Å². The molecule has 1 saturated heterocycles. The van der Waals surface area contributed by atoms with Crippen molar-refractivity contribution in [3.8, 4) is 0 Å². The zero-order chi connectivity index (χ0) is 14.5. The Bertz CT molecular complexity index is 486. The minimum absolute atomic E-state index is 0.142. The van der Waals surface area contributed by atoms with E-state index in [4.69, 9.17) is 5.11 Å². The highest BCUT2D eigenvalue weighted by atomic mass is 16.5. The van der Waals surface area contributed by atoms with Crippen LogP contribution in [-0.4, -0.2) is 59.4 Å². The molecule has 7 nitrogen and oxygen atoms in total. The molecule has 0 bridgehead atoms. The van der Waals surface area contributed by atoms with Crippen molar-refractivity contribution in [1.29, 1.82) is 0 Å². The predicted octanol–water partition coefficient (Wildman–Crippen LogP) is 0.617. The lowest BCUT2D eigenvalue weighted by Gasteiger charge is -2.31. The van der Waals surface area contributed by atoms with Crippen molar-refractivity contribution < 1.29 is 19.4 Å². The van der Waals surface area contributed by atoms with Crippen LogP contribution in [-0.2, 0) is 11.3 Å². The van der Waals surface area contributed by atoms with Crippen molar-refractivity contribution in [3.63, 3.8) is 0 Å². The van der Waals surface area contributed by atoms with Crippen LogP contribution in [0, 0.1) is 0 Å². The van der Waals surface area contributed by atoms with E-state index >= 15 is 0 Å². The number of rotatable bonds is 4. The Morgan fingerprint density at radius 2 is 2.35 bits per heavy atom. The van der Waals surface area contributed by atoms with Gasteiger partial charge in [0.1, 0.15) is 0 Å². The summed E-state index contributed by atoms with van der Waals surface area (Å²) < 4.78 is 6.56. The van der Waals surface area contributed by atoms with Crippen LogP contribution in [0.4, 0.5) is 4.79 Å². The summed E-state index contributed by atoms with van der Waals surface area (Å²) in [6.07, 6.45) is 3.50. The molecule has 7 heteroatoms. The summed E-state index contributed by atoms with van der Waals surface area (Å²) in [4.78, 5) is 23.7. The molecule has 110 valence electrons. The molecule has 1 aromatic rings. The van der Waals surface area contributed by atoms with E-state index in [1.54, 1.807) is 12.3 Å². The van der Waals surface area contributed by atoms with Crippen molar-refractivity contribution in [1.82, 2.24) is 14.8 Å². The quantitative estimate of drug-likeness (QED) is 0.790. The summed E-state index contributed by atoms with van der Waals surface area (Å²) in [6, 6.07) is 1.85. The molecule has 1 aromatic heterocycles. The van der Waals surface area contributed by atoms with E-state index in [0.29, 0.717) is 25.2 Å². The second-order valence-corrected chi connectivity index (χ2v) is 4.80. The monoisotopic (exact) mass is 281 g/mol. The number of carbonyl (C=O) groups excluding carboxylic acids is 1. The molecule has 0 radical (unpaired) electrons. The number of esters is 1. The third-order valence-electron chi connectivity index (χ3n) is 3.43. The van der Waals surface area contributed by atoms with Crippen molar-refractivity contribution in [3.05, 3.63) is 24.0 Å². The van der Waals surface area contributed by atoms with Gasteiger partial charge in [0.05, 0.1) is 12.7 Å². The second kappa shape index (κ2) is 6.42. The normalized spacial score (nSPS) is 18.9. The standard InChI is InChI=1S/C13H19N3O4/c1-20-12(17)10-2-5-15(8-10)6-3-11-9-16(13(18)19)7-4-14-11/h2,5,8,11,14H,3-4,6-7,9H2,1H3,(H,18,19)/t11-/m1/s1. The topological polar surface area (TPSA) is 83.8 Å². The van der Waals surface area contributed by atoms with Gasteiger partial charge in [0, 0.05) is 44.6 Å². The Kier molecular flexibility index (Phi) is 4.62. The van der Waals surface area contributed by atoms with Crippen molar-refractivity contribution >= 4 is 12.1 Å². The molecule has 0 aliphatic carbocycles. The van der Waals surface area contributed by atoms with Gasteiger partial charge in [-0.05, 0) is 12.5 Å². The fourth-order valence-corrected chi connectivity index (χ4v) is 2.32. The van der Waals surface area contributed by atoms with Gasteiger partial charge in [-0.25, -0.2) is 9.59 Å². The molecule has 1 aliphatic rings. The van der Waals surface area contributed by atoms with Crippen LogP contribution in [0.25, 0.3) is 0 Å². The van der Waals surface area contributed by atoms with E-state index in [9.17, 15) is 9.59 Å². The average Bonchev–Trinajstić information content (AvgIpc) is 2.93. The van der Waals surface area contributed by atoms with Crippen LogP contribution in [0.3, 0.4) is 0 Å². The number of ether oxygens (including phenoxy) is 1. The zero-order valence-electron chi connectivity index (χ0n) is 11.4. The zero-order valence-corrected chi connectivity index (χ0v) is 11.4. The van der Waals surface area contributed by atoms with Gasteiger partial charge in [-0.3, -0.25) is 0 Å². The Balaban J connectivity index is 1.84. The predicted molar refractivity (Wildman–Crippen MR) is 71.8 cm³/mol. The first-order valence-electron chi connectivity index (χ1n) is 6.55. The number of hydrogen-bond acceptors (Lipinski definition) is 4. The minimum atomic E-state index is -0.870. The first-order chi connectivity index (χ1) is 9.60. The van der Waals surface area contributed by atoms with Crippen molar-refractivity contribution in [2.24, 2.45) is 0 Å². The third-order valence-corrected chi connectivity index (χ3v) is 3.43. The number of methoxy groups -OCH3 is 1. The summed E-state index contributed by atoms with van der Waals surface area (Å²) >= 11 is 0. The Morgan fingerprint density at radius 1 is 1.55 bits per heavy atom. The van der Waals surface area contributed by atoms with Gasteiger partial charge < -0.3 is 24.6 Å². The largest absolute Gasteiger partial charge is 0.465 e. The summed E-state index contributed by atoms with van der Waals surface area (Å²) in [7, 11) is 1.35. The van der Waals surface area contributed by atoms with Crippen molar-refractivity contribution in [2.75, 3.05) is 26.7 Å². The molecular formula is C13H19N3O4. The maximum absolute atomic E-state index is 11.3. The number of piperazine rings is 1. The molecule has 1 atom stereocenters. The number of aryl methyl sites for hydroxylation is 1. The molecule has 0 spiro atoms. The summed E-state index contributed by atoms with van der Waals surface area (Å²) in [5.41, 5.74) is 0.524. The van der Waals surface area contributed by atoms with Gasteiger partial charge in [-0.1, -0.05) is 0 Å². The number of carbonyl (C=O) groups is 2. The van der Waals surface area contributed by atoms with E-state index in [-0.39, 0.29) is 12.0 Å². The lowest BCUT2D eigenvalue weighted by atomic mass is 10.1. The number of nitrogens with zero attached hydrogens (tertiary/aromatic N) is 2. The maximum Gasteiger partial charge on any atom is 0.407 e. The van der Waals surface area contributed by atoms with Crippen LogP contribution >= 0.6 is 0 Å². The highest BCUT2D eigenvalue weighted by Crippen LogP contribution is 2.08. The van der Waals surface area contributed by atoms with Gasteiger partial charge in [0.25, 0.3) is 0 Å². The van der Waals surface area contributed by atoms with E-state index in [2.05, 4.69) is 10.1 Å². The number of aromatic nitrogens is 1. The van der Waals surface area contributed by atoms with E-state index in [0.717, 1.165) is 13.0 Å². The maximum atomic E-state index is 11.3. The average molecular weight is 281 g/mol. The first kappa shape index (κ1) is 14.4. The van der Waals surface area contributed by atoms with Crippen molar-refractivity contribution in [2.45, 2.75) is 19.0 Å². The molecular weight excluding hydrogens is 262 g/mol. The fraction of sp³-hybridized carbons (Fsp3) is 0.538. The van der Waals surface area contributed by atoms with E-state index < -0.39 is 6.09 Å². The SMILES string of the molecule is COC(=O)c1ccn(CC[C@@H]2CN(C(=O)O)CCN2)c1. The van der Waals surface area contributed by atoms with Gasteiger partial charge in [-0.15, -0.1) is 0 Å². The molecule has 0 saturated carbocycles. The van der Waals surface area contributed by atoms with Crippen LogP contribution in [0.1, 0.15) is 16.8 Å². The van der Waals surface area contributed by atoms with Gasteiger partial charge >= 0.3 is 12.1 Å². The summed E-state index contributed by atoms with van der Waals surface area (Å²) in [5, 5.41) is 12.3. The van der Waals surface area contributed by atoms with Crippen LogP contribution in [0.2, 0.25) is 0 Å². The van der Waals surface area contributed by atoms with Gasteiger partial charge in [-0.2, -0.15) is 0 Å². The number of hydrogen-bond donors (Lipinski definition) is 2. The Morgan fingerprint density at radius 3 is 3.05 bits per heavy atom. The molecule has 0 unspecified atom stereocenters. The number of carboxylic acid groups (broad SMARTS) is 1. The third kappa shape index (κ3) is 3.51. The van der Waals surface area contributed by atoms with Crippen LogP contribution in [0.15, 0.2) is 18.5 Å². The highest BCUT2D eigenvalue weighted by Gasteiger charge is 2.22. The summed E-state index contributed by atoms with van der Waals surface area (Å²) in [5.74, 6) is -0.350. The number of amides is 1. The smallest absolute Gasteiger partial charge is 0.407 e. The molecule has 2 heterocycles. The Hall–Kier alpha value is -2.02. The highest BCUT2D eigenvalue weighted by molar-refractivity contribution is 5.89. The summed E-state index contributed by atoms with van der Waals surface area (Å²) in [6.45, 7) is 2.43.